The molecular weight excluding hydrogens is 394 g/mol. The second kappa shape index (κ2) is 9.18. The summed E-state index contributed by atoms with van der Waals surface area (Å²) in [6.45, 7) is 4.67. The summed E-state index contributed by atoms with van der Waals surface area (Å²) in [5.74, 6) is -0.317. The fourth-order valence-corrected chi connectivity index (χ4v) is 3.74. The molecule has 0 spiro atoms. The van der Waals surface area contributed by atoms with Crippen molar-refractivity contribution in [2.45, 2.75) is 38.8 Å². The second-order valence-corrected chi connectivity index (χ2v) is 7.79. The minimum atomic E-state index is -0.475. The Kier molecular flexibility index (Phi) is 6.18. The molecular formula is C23H25N5O3. The van der Waals surface area contributed by atoms with Crippen LogP contribution in [0.4, 0.5) is 0 Å². The number of pyridine rings is 1. The van der Waals surface area contributed by atoms with Crippen molar-refractivity contribution in [1.82, 2.24) is 20.1 Å². The van der Waals surface area contributed by atoms with Gasteiger partial charge in [0.1, 0.15) is 11.7 Å². The zero-order valence-electron chi connectivity index (χ0n) is 17.6. The predicted octanol–water partition coefficient (Wildman–Crippen LogP) is 3.13. The van der Waals surface area contributed by atoms with Crippen molar-refractivity contribution in [2.24, 2.45) is 5.18 Å². The lowest BCUT2D eigenvalue weighted by molar-refractivity contribution is 0.0534. The number of rotatable bonds is 6. The van der Waals surface area contributed by atoms with Crippen LogP contribution in [0.5, 0.6) is 0 Å². The molecule has 2 atom stereocenters. The first kappa shape index (κ1) is 20.9. The van der Waals surface area contributed by atoms with Gasteiger partial charge in [-0.15, -0.1) is 0 Å². The van der Waals surface area contributed by atoms with Crippen molar-refractivity contribution in [2.75, 3.05) is 13.2 Å². The minimum absolute atomic E-state index is 0.280. The van der Waals surface area contributed by atoms with Gasteiger partial charge in [0.25, 0.3) is 5.91 Å². The van der Waals surface area contributed by atoms with E-state index >= 15 is 0 Å². The highest BCUT2D eigenvalue weighted by atomic mass is 16.5. The molecule has 1 aliphatic rings. The van der Waals surface area contributed by atoms with Crippen molar-refractivity contribution >= 4 is 5.91 Å². The molecule has 160 valence electrons. The Morgan fingerprint density at radius 3 is 2.81 bits per heavy atom. The average molecular weight is 419 g/mol. The number of aryl methyl sites for hydroxylation is 1. The molecule has 1 fully saturated rings. The predicted molar refractivity (Wildman–Crippen MR) is 116 cm³/mol. The van der Waals surface area contributed by atoms with Crippen LogP contribution in [-0.4, -0.2) is 46.0 Å². The SMILES string of the molecule is Cc1nc(C(=O)N[C@H]2COCCC2N=O)cc(Cc2ccc(-n3cccn3)cc2)c1C. The van der Waals surface area contributed by atoms with Crippen molar-refractivity contribution in [3.05, 3.63) is 81.8 Å². The maximum absolute atomic E-state index is 12.8. The maximum atomic E-state index is 12.8. The van der Waals surface area contributed by atoms with Crippen LogP contribution in [0.25, 0.3) is 5.69 Å². The van der Waals surface area contributed by atoms with E-state index in [9.17, 15) is 9.70 Å². The van der Waals surface area contributed by atoms with E-state index in [-0.39, 0.29) is 12.5 Å². The van der Waals surface area contributed by atoms with Crippen molar-refractivity contribution in [3.8, 4) is 5.69 Å². The van der Waals surface area contributed by atoms with E-state index in [0.717, 1.165) is 28.1 Å². The fourth-order valence-electron chi connectivity index (χ4n) is 3.74. The highest BCUT2D eigenvalue weighted by Crippen LogP contribution is 2.19. The van der Waals surface area contributed by atoms with Crippen LogP contribution in [0, 0.1) is 18.8 Å². The molecule has 1 amide bonds. The number of ether oxygens (including phenoxy) is 1. The minimum Gasteiger partial charge on any atom is -0.379 e. The van der Waals surface area contributed by atoms with Crippen molar-refractivity contribution in [1.29, 1.82) is 0 Å². The first-order chi connectivity index (χ1) is 15.0. The van der Waals surface area contributed by atoms with Gasteiger partial charge in [-0.3, -0.25) is 4.79 Å². The number of carbonyl (C=O) groups excluding carboxylic acids is 1. The van der Waals surface area contributed by atoms with Gasteiger partial charge in [-0.25, -0.2) is 9.67 Å². The molecule has 1 N–H and O–H groups in total. The first-order valence-electron chi connectivity index (χ1n) is 10.3. The Balaban J connectivity index is 1.52. The van der Waals surface area contributed by atoms with Gasteiger partial charge in [0.15, 0.2) is 0 Å². The Morgan fingerprint density at radius 1 is 1.29 bits per heavy atom. The lowest BCUT2D eigenvalue weighted by Gasteiger charge is -2.27. The van der Waals surface area contributed by atoms with E-state index in [4.69, 9.17) is 4.74 Å². The van der Waals surface area contributed by atoms with Gasteiger partial charge in [0.2, 0.25) is 0 Å². The molecule has 2 aromatic heterocycles. The zero-order valence-corrected chi connectivity index (χ0v) is 17.6. The van der Waals surface area contributed by atoms with Gasteiger partial charge in [-0.1, -0.05) is 17.3 Å². The maximum Gasteiger partial charge on any atom is 0.270 e. The topological polar surface area (TPSA) is 98.5 Å². The summed E-state index contributed by atoms with van der Waals surface area (Å²) in [7, 11) is 0. The van der Waals surface area contributed by atoms with Crippen LogP contribution in [0.3, 0.4) is 0 Å². The van der Waals surface area contributed by atoms with E-state index in [2.05, 4.69) is 32.7 Å². The number of nitrogens with zero attached hydrogens (tertiary/aromatic N) is 4. The van der Waals surface area contributed by atoms with Crippen LogP contribution < -0.4 is 5.32 Å². The van der Waals surface area contributed by atoms with Crippen LogP contribution in [-0.2, 0) is 11.2 Å². The lowest BCUT2D eigenvalue weighted by atomic mass is 9.98. The largest absolute Gasteiger partial charge is 0.379 e. The zero-order chi connectivity index (χ0) is 21.8. The van der Waals surface area contributed by atoms with E-state index in [1.165, 1.54) is 0 Å². The Bertz CT molecular complexity index is 1060. The number of nitroso groups, excluding NO2 is 1. The molecule has 0 aliphatic carbocycles. The molecule has 1 aromatic carbocycles. The number of benzene rings is 1. The molecule has 0 saturated carbocycles. The van der Waals surface area contributed by atoms with Gasteiger partial charge >= 0.3 is 0 Å². The van der Waals surface area contributed by atoms with Crippen LogP contribution in [0.1, 0.15) is 39.3 Å². The first-order valence-corrected chi connectivity index (χ1v) is 10.3. The third-order valence-electron chi connectivity index (χ3n) is 5.73. The van der Waals surface area contributed by atoms with Gasteiger partial charge in [-0.05, 0) is 67.6 Å². The van der Waals surface area contributed by atoms with Crippen LogP contribution in [0.2, 0.25) is 0 Å². The van der Waals surface area contributed by atoms with Gasteiger partial charge < -0.3 is 10.1 Å². The summed E-state index contributed by atoms with van der Waals surface area (Å²) in [4.78, 5) is 28.4. The molecule has 4 rings (SSSR count). The average Bonchev–Trinajstić information content (AvgIpc) is 3.32. The van der Waals surface area contributed by atoms with Gasteiger partial charge in [0.05, 0.1) is 18.3 Å². The second-order valence-electron chi connectivity index (χ2n) is 7.79. The highest BCUT2D eigenvalue weighted by Gasteiger charge is 2.29. The molecule has 1 saturated heterocycles. The number of aromatic nitrogens is 3. The molecule has 0 bridgehead atoms. The Morgan fingerprint density at radius 2 is 2.10 bits per heavy atom. The number of nitrogens with one attached hydrogen (secondary N) is 1. The Hall–Kier alpha value is -3.39. The summed E-state index contributed by atoms with van der Waals surface area (Å²) in [5, 5.41) is 10.2. The molecule has 0 radical (unpaired) electrons. The molecule has 31 heavy (non-hydrogen) atoms. The molecule has 1 aliphatic heterocycles. The molecule has 3 heterocycles. The van der Waals surface area contributed by atoms with Gasteiger partial charge in [0, 0.05) is 24.7 Å². The van der Waals surface area contributed by atoms with E-state index in [0.29, 0.717) is 25.1 Å². The lowest BCUT2D eigenvalue weighted by Crippen LogP contribution is -2.48. The quantitative estimate of drug-likeness (QED) is 0.619. The summed E-state index contributed by atoms with van der Waals surface area (Å²) in [6, 6.07) is 11.0. The number of carbonyl (C=O) groups is 1. The molecule has 1 unspecified atom stereocenters. The molecule has 3 aromatic rings. The Labute approximate surface area is 180 Å². The van der Waals surface area contributed by atoms with E-state index in [1.54, 1.807) is 6.20 Å². The summed E-state index contributed by atoms with van der Waals surface area (Å²) >= 11 is 0. The highest BCUT2D eigenvalue weighted by molar-refractivity contribution is 5.93. The van der Waals surface area contributed by atoms with Crippen molar-refractivity contribution < 1.29 is 9.53 Å². The van der Waals surface area contributed by atoms with Crippen molar-refractivity contribution in [3.63, 3.8) is 0 Å². The van der Waals surface area contributed by atoms with E-state index < -0.39 is 12.1 Å². The van der Waals surface area contributed by atoms with Gasteiger partial charge in [-0.2, -0.15) is 10.0 Å². The number of hydrogen-bond acceptors (Lipinski definition) is 6. The molecule has 8 nitrogen and oxygen atoms in total. The van der Waals surface area contributed by atoms with Crippen LogP contribution in [0.15, 0.2) is 54.0 Å². The number of amides is 1. The monoisotopic (exact) mass is 419 g/mol. The number of hydrogen-bond donors (Lipinski definition) is 1. The summed E-state index contributed by atoms with van der Waals surface area (Å²) < 4.78 is 7.20. The third kappa shape index (κ3) is 4.69. The summed E-state index contributed by atoms with van der Waals surface area (Å²) in [5.41, 5.74) is 5.35. The molecule has 8 heteroatoms. The fraction of sp³-hybridized carbons (Fsp3) is 0.348. The normalized spacial score (nSPS) is 18.5. The van der Waals surface area contributed by atoms with Crippen LogP contribution >= 0.6 is 0 Å². The third-order valence-corrected chi connectivity index (χ3v) is 5.73. The standard InChI is InChI=1S/C23H25N5O3/c1-15-16(2)25-21(23(29)26-22-14-31-11-8-20(22)27-30)13-18(15)12-17-4-6-19(7-5-17)28-10-3-9-24-28/h3-7,9-10,13,20,22H,8,11-12,14H2,1-2H3,(H,26,29)/t20?,22-/m0/s1. The smallest absolute Gasteiger partial charge is 0.270 e. The van der Waals surface area contributed by atoms with E-state index in [1.807, 2.05) is 49.0 Å². The summed E-state index contributed by atoms with van der Waals surface area (Å²) in [6.07, 6.45) is 4.84.